The van der Waals surface area contributed by atoms with Crippen LogP contribution >= 0.6 is 23.2 Å². The molecular formula is C10H11Cl2N. The first-order chi connectivity index (χ1) is 6.20. The first-order valence-corrected chi connectivity index (χ1v) is 5.12. The normalized spacial score (nSPS) is 26.1. The third-order valence-corrected chi connectivity index (χ3v) is 2.97. The predicted octanol–water partition coefficient (Wildman–Crippen LogP) is 3.06. The van der Waals surface area contributed by atoms with E-state index in [1.165, 1.54) is 12.0 Å². The molecule has 2 atom stereocenters. The second kappa shape index (κ2) is 3.49. The minimum absolute atomic E-state index is 0.584. The van der Waals surface area contributed by atoms with Crippen molar-refractivity contribution in [1.29, 1.82) is 0 Å². The molecule has 0 unspecified atom stereocenters. The lowest BCUT2D eigenvalue weighted by molar-refractivity contribution is 0.810. The molecule has 1 aromatic carbocycles. The van der Waals surface area contributed by atoms with Gasteiger partial charge in [0.2, 0.25) is 0 Å². The van der Waals surface area contributed by atoms with E-state index in [9.17, 15) is 0 Å². The minimum Gasteiger partial charge on any atom is -0.330 e. The van der Waals surface area contributed by atoms with E-state index < -0.39 is 0 Å². The lowest BCUT2D eigenvalue weighted by atomic mass is 10.1. The van der Waals surface area contributed by atoms with E-state index in [1.54, 1.807) is 6.07 Å². The molecule has 0 heterocycles. The van der Waals surface area contributed by atoms with Gasteiger partial charge in [-0.15, -0.1) is 0 Å². The molecule has 0 amide bonds. The van der Waals surface area contributed by atoms with Crippen molar-refractivity contribution in [2.75, 3.05) is 6.54 Å². The van der Waals surface area contributed by atoms with Crippen LogP contribution in [-0.2, 0) is 0 Å². The molecule has 3 heteroatoms. The molecule has 1 aliphatic carbocycles. The number of rotatable bonds is 2. The summed E-state index contributed by atoms with van der Waals surface area (Å²) >= 11 is 11.8. The van der Waals surface area contributed by atoms with Crippen LogP contribution < -0.4 is 5.73 Å². The summed E-state index contributed by atoms with van der Waals surface area (Å²) in [5.41, 5.74) is 6.80. The molecule has 1 fully saturated rings. The van der Waals surface area contributed by atoms with Gasteiger partial charge in [0, 0.05) is 10.0 Å². The lowest BCUT2D eigenvalue weighted by Crippen LogP contribution is -2.01. The van der Waals surface area contributed by atoms with E-state index in [4.69, 9.17) is 28.9 Å². The number of benzene rings is 1. The standard InChI is InChI=1S/C10H11Cl2N/c11-8-1-6(2-9(12)4-8)10-3-7(10)5-13/h1-2,4,7,10H,3,5,13H2/t7-,10-/m0/s1. The molecule has 0 aliphatic heterocycles. The van der Waals surface area contributed by atoms with Gasteiger partial charge in [0.15, 0.2) is 0 Å². The van der Waals surface area contributed by atoms with Gasteiger partial charge in [-0.1, -0.05) is 23.2 Å². The quantitative estimate of drug-likeness (QED) is 0.807. The molecule has 0 aromatic heterocycles. The fraction of sp³-hybridized carbons (Fsp3) is 0.400. The van der Waals surface area contributed by atoms with Gasteiger partial charge >= 0.3 is 0 Å². The maximum Gasteiger partial charge on any atom is 0.0423 e. The second-order valence-electron chi connectivity index (χ2n) is 3.54. The number of hydrogen-bond donors (Lipinski definition) is 1. The number of nitrogens with two attached hydrogens (primary N) is 1. The summed E-state index contributed by atoms with van der Waals surface area (Å²) in [7, 11) is 0. The van der Waals surface area contributed by atoms with Gasteiger partial charge in [-0.05, 0) is 48.6 Å². The van der Waals surface area contributed by atoms with Gasteiger partial charge in [0.05, 0.1) is 0 Å². The minimum atomic E-state index is 0.584. The van der Waals surface area contributed by atoms with Crippen LogP contribution in [0.1, 0.15) is 17.9 Å². The van der Waals surface area contributed by atoms with Gasteiger partial charge in [0.25, 0.3) is 0 Å². The van der Waals surface area contributed by atoms with E-state index >= 15 is 0 Å². The van der Waals surface area contributed by atoms with E-state index in [0.717, 1.165) is 6.54 Å². The lowest BCUT2D eigenvalue weighted by Gasteiger charge is -2.01. The van der Waals surface area contributed by atoms with Crippen molar-refractivity contribution < 1.29 is 0 Å². The maximum absolute atomic E-state index is 5.90. The summed E-state index contributed by atoms with van der Waals surface area (Å²) in [6.07, 6.45) is 1.17. The molecule has 13 heavy (non-hydrogen) atoms. The Morgan fingerprint density at radius 1 is 1.23 bits per heavy atom. The highest BCUT2D eigenvalue weighted by Crippen LogP contribution is 2.47. The molecule has 0 saturated heterocycles. The van der Waals surface area contributed by atoms with Crippen LogP contribution in [-0.4, -0.2) is 6.54 Å². The highest BCUT2D eigenvalue weighted by atomic mass is 35.5. The molecule has 2 N–H and O–H groups in total. The number of halogens is 2. The highest BCUT2D eigenvalue weighted by Gasteiger charge is 2.37. The molecular weight excluding hydrogens is 205 g/mol. The summed E-state index contributed by atoms with van der Waals surface area (Å²) in [5.74, 6) is 1.22. The van der Waals surface area contributed by atoms with Gasteiger partial charge in [-0.25, -0.2) is 0 Å². The summed E-state index contributed by atoms with van der Waals surface area (Å²) in [6.45, 7) is 0.759. The zero-order valence-electron chi connectivity index (χ0n) is 7.13. The van der Waals surface area contributed by atoms with E-state index in [0.29, 0.717) is 21.9 Å². The maximum atomic E-state index is 5.90. The summed E-state index contributed by atoms with van der Waals surface area (Å²) in [5, 5.41) is 1.43. The predicted molar refractivity (Wildman–Crippen MR) is 56.4 cm³/mol. The van der Waals surface area contributed by atoms with Crippen molar-refractivity contribution in [2.45, 2.75) is 12.3 Å². The zero-order valence-corrected chi connectivity index (χ0v) is 8.65. The monoisotopic (exact) mass is 215 g/mol. The summed E-state index contributed by atoms with van der Waals surface area (Å²) < 4.78 is 0. The SMILES string of the molecule is NC[C@@H]1C[C@H]1c1cc(Cl)cc(Cl)c1. The van der Waals surface area contributed by atoms with Gasteiger partial charge in [0.1, 0.15) is 0 Å². The summed E-state index contributed by atoms with van der Waals surface area (Å²) in [4.78, 5) is 0. The Bertz CT molecular complexity index is 304. The molecule has 0 radical (unpaired) electrons. The molecule has 1 aromatic rings. The first kappa shape index (κ1) is 9.32. The van der Waals surface area contributed by atoms with Crippen molar-refractivity contribution in [3.8, 4) is 0 Å². The summed E-state index contributed by atoms with van der Waals surface area (Å²) in [6, 6.07) is 5.72. The average molecular weight is 216 g/mol. The van der Waals surface area contributed by atoms with Gasteiger partial charge < -0.3 is 5.73 Å². The Labute approximate surface area is 87.8 Å². The average Bonchev–Trinajstić information content (AvgIpc) is 2.80. The zero-order chi connectivity index (χ0) is 9.42. The smallest absolute Gasteiger partial charge is 0.0423 e. The highest BCUT2D eigenvalue weighted by molar-refractivity contribution is 6.34. The van der Waals surface area contributed by atoms with Crippen LogP contribution in [0.5, 0.6) is 0 Å². The largest absolute Gasteiger partial charge is 0.330 e. The molecule has 1 nitrogen and oxygen atoms in total. The Balaban J connectivity index is 2.22. The van der Waals surface area contributed by atoms with Crippen LogP contribution in [0.25, 0.3) is 0 Å². The van der Waals surface area contributed by atoms with Crippen molar-refractivity contribution in [2.24, 2.45) is 11.7 Å². The van der Waals surface area contributed by atoms with Crippen molar-refractivity contribution in [3.05, 3.63) is 33.8 Å². The Morgan fingerprint density at radius 3 is 2.31 bits per heavy atom. The van der Waals surface area contributed by atoms with E-state index in [-0.39, 0.29) is 0 Å². The van der Waals surface area contributed by atoms with Gasteiger partial charge in [-0.2, -0.15) is 0 Å². The van der Waals surface area contributed by atoms with Crippen LogP contribution in [0.3, 0.4) is 0 Å². The Kier molecular flexibility index (Phi) is 2.50. The Morgan fingerprint density at radius 2 is 1.85 bits per heavy atom. The van der Waals surface area contributed by atoms with Crippen LogP contribution in [0.15, 0.2) is 18.2 Å². The van der Waals surface area contributed by atoms with Crippen molar-refractivity contribution in [1.82, 2.24) is 0 Å². The van der Waals surface area contributed by atoms with Crippen LogP contribution in [0.4, 0.5) is 0 Å². The van der Waals surface area contributed by atoms with Crippen molar-refractivity contribution >= 4 is 23.2 Å². The fourth-order valence-corrected chi connectivity index (χ4v) is 2.25. The fourth-order valence-electron chi connectivity index (χ4n) is 1.71. The van der Waals surface area contributed by atoms with E-state index in [1.807, 2.05) is 12.1 Å². The van der Waals surface area contributed by atoms with Crippen LogP contribution in [0.2, 0.25) is 10.0 Å². The first-order valence-electron chi connectivity index (χ1n) is 4.37. The third-order valence-electron chi connectivity index (χ3n) is 2.54. The third kappa shape index (κ3) is 1.98. The molecule has 2 rings (SSSR count). The molecule has 1 aliphatic rings. The number of hydrogen-bond acceptors (Lipinski definition) is 1. The second-order valence-corrected chi connectivity index (χ2v) is 4.41. The van der Waals surface area contributed by atoms with Crippen molar-refractivity contribution in [3.63, 3.8) is 0 Å². The molecule has 70 valence electrons. The molecule has 1 saturated carbocycles. The topological polar surface area (TPSA) is 26.0 Å². The van der Waals surface area contributed by atoms with Gasteiger partial charge in [-0.3, -0.25) is 0 Å². The molecule has 0 spiro atoms. The Hall–Kier alpha value is -0.240. The van der Waals surface area contributed by atoms with E-state index in [2.05, 4.69) is 0 Å². The van der Waals surface area contributed by atoms with Crippen LogP contribution in [0, 0.1) is 5.92 Å². The molecule has 0 bridgehead atoms.